The number of hydrogen-bond acceptors (Lipinski definition) is 4. The maximum Gasteiger partial charge on any atom is 0.229 e. The molecule has 2 rings (SSSR count). The Morgan fingerprint density at radius 1 is 1.40 bits per heavy atom. The van der Waals surface area contributed by atoms with Gasteiger partial charge in [-0.2, -0.15) is 5.10 Å². The van der Waals surface area contributed by atoms with Gasteiger partial charge in [0, 0.05) is 18.4 Å². The quantitative estimate of drug-likeness (QED) is 0.671. The van der Waals surface area contributed by atoms with Crippen molar-refractivity contribution in [3.05, 3.63) is 11.8 Å². The van der Waals surface area contributed by atoms with Crippen LogP contribution in [-0.2, 0) is 16.1 Å². The fourth-order valence-corrected chi connectivity index (χ4v) is 1.59. The third-order valence-corrected chi connectivity index (χ3v) is 2.46. The summed E-state index contributed by atoms with van der Waals surface area (Å²) in [4.78, 5) is 24.2. The Hall–Kier alpha value is -1.85. The van der Waals surface area contributed by atoms with Crippen molar-refractivity contribution in [3.8, 4) is 0 Å². The van der Waals surface area contributed by atoms with Crippen LogP contribution >= 0.6 is 0 Å². The van der Waals surface area contributed by atoms with Crippen molar-refractivity contribution in [2.45, 2.75) is 25.8 Å². The molecule has 0 aromatic carbocycles. The molecule has 1 fully saturated rings. The molecule has 1 aromatic rings. The maximum absolute atomic E-state index is 11.5. The number of amides is 2. The second-order valence-electron chi connectivity index (χ2n) is 3.54. The predicted molar refractivity (Wildman–Crippen MR) is 52.4 cm³/mol. The number of nitrogens with zero attached hydrogens (tertiary/aromatic N) is 2. The van der Waals surface area contributed by atoms with Gasteiger partial charge in [0.05, 0.1) is 12.7 Å². The molecule has 0 bridgehead atoms. The lowest BCUT2D eigenvalue weighted by Crippen LogP contribution is -2.39. The van der Waals surface area contributed by atoms with E-state index >= 15 is 0 Å². The minimum absolute atomic E-state index is 0.133. The number of nitrogens with two attached hydrogens (primary N) is 1. The second kappa shape index (κ2) is 3.72. The zero-order valence-corrected chi connectivity index (χ0v) is 8.19. The number of carbonyl (C=O) groups excluding carboxylic acids is 2. The topological polar surface area (TPSA) is 92.1 Å². The van der Waals surface area contributed by atoms with Gasteiger partial charge in [0.25, 0.3) is 0 Å². The zero-order chi connectivity index (χ0) is 10.8. The van der Waals surface area contributed by atoms with Gasteiger partial charge in [0.1, 0.15) is 5.82 Å². The van der Waals surface area contributed by atoms with Crippen LogP contribution in [0, 0.1) is 0 Å². The summed E-state index contributed by atoms with van der Waals surface area (Å²) in [6.45, 7) is 0.222. The molecule has 0 spiro atoms. The molecule has 3 N–H and O–H groups in total. The number of piperidine rings is 1. The Balaban J connectivity index is 2.13. The van der Waals surface area contributed by atoms with Crippen molar-refractivity contribution in [2.24, 2.45) is 0 Å². The number of aromatic nitrogens is 2. The van der Waals surface area contributed by atoms with E-state index in [1.165, 1.54) is 11.1 Å². The lowest BCUT2D eigenvalue weighted by atomic mass is 10.1. The molecule has 0 saturated carbocycles. The van der Waals surface area contributed by atoms with Gasteiger partial charge in [-0.3, -0.25) is 19.6 Å². The average molecular weight is 208 g/mol. The van der Waals surface area contributed by atoms with Gasteiger partial charge in [-0.05, 0) is 6.42 Å². The van der Waals surface area contributed by atoms with Gasteiger partial charge in [-0.15, -0.1) is 0 Å². The second-order valence-corrected chi connectivity index (χ2v) is 3.54. The number of anilines is 1. The predicted octanol–water partition coefficient (Wildman–Crippen LogP) is 0.0310. The van der Waals surface area contributed by atoms with Gasteiger partial charge >= 0.3 is 0 Å². The normalized spacial score (nSPS) is 17.2. The number of carbonyl (C=O) groups is 2. The van der Waals surface area contributed by atoms with Crippen molar-refractivity contribution >= 4 is 17.6 Å². The number of H-pyrrole nitrogens is 1. The molecular weight excluding hydrogens is 196 g/mol. The summed E-state index contributed by atoms with van der Waals surface area (Å²) >= 11 is 0. The molecule has 6 nitrogen and oxygen atoms in total. The lowest BCUT2D eigenvalue weighted by molar-refractivity contribution is -0.148. The van der Waals surface area contributed by atoms with E-state index in [4.69, 9.17) is 5.73 Å². The number of hydrogen-bond donors (Lipinski definition) is 2. The third kappa shape index (κ3) is 1.83. The number of aromatic amines is 1. The molecule has 6 heteroatoms. The Morgan fingerprint density at radius 3 is 2.60 bits per heavy atom. The standard InChI is InChI=1S/C9H12N4O2/c10-9-6(4-11-12-9)5-13-7(14)2-1-3-8(13)15/h4H,1-3,5H2,(H3,10,11,12). The van der Waals surface area contributed by atoms with Crippen LogP contribution in [0.1, 0.15) is 24.8 Å². The summed E-state index contributed by atoms with van der Waals surface area (Å²) in [5.41, 5.74) is 6.26. The van der Waals surface area contributed by atoms with Crippen LogP contribution < -0.4 is 5.73 Å². The number of imide groups is 1. The van der Waals surface area contributed by atoms with Gasteiger partial charge in [0.15, 0.2) is 0 Å². The van der Waals surface area contributed by atoms with Crippen LogP contribution in [0.15, 0.2) is 6.20 Å². The smallest absolute Gasteiger partial charge is 0.229 e. The minimum atomic E-state index is -0.133. The van der Waals surface area contributed by atoms with E-state index in [0.717, 1.165) is 0 Å². The minimum Gasteiger partial charge on any atom is -0.384 e. The van der Waals surface area contributed by atoms with Crippen LogP contribution in [0.5, 0.6) is 0 Å². The molecule has 2 heterocycles. The van der Waals surface area contributed by atoms with Crippen molar-refractivity contribution in [1.29, 1.82) is 0 Å². The summed E-state index contributed by atoms with van der Waals surface area (Å²) in [6.07, 6.45) is 3.05. The first kappa shape index (κ1) is 9.70. The van der Waals surface area contributed by atoms with E-state index in [1.807, 2.05) is 0 Å². The Labute approximate surface area is 86.4 Å². The van der Waals surface area contributed by atoms with Crippen molar-refractivity contribution in [2.75, 3.05) is 5.73 Å². The van der Waals surface area contributed by atoms with Crippen LogP contribution in [0.25, 0.3) is 0 Å². The van der Waals surface area contributed by atoms with E-state index < -0.39 is 0 Å². The molecule has 0 unspecified atom stereocenters. The Kier molecular flexibility index (Phi) is 2.40. The van der Waals surface area contributed by atoms with Crippen molar-refractivity contribution in [1.82, 2.24) is 15.1 Å². The fourth-order valence-electron chi connectivity index (χ4n) is 1.59. The Morgan fingerprint density at radius 2 is 2.07 bits per heavy atom. The van der Waals surface area contributed by atoms with E-state index in [1.54, 1.807) is 0 Å². The lowest BCUT2D eigenvalue weighted by Gasteiger charge is -2.24. The highest BCUT2D eigenvalue weighted by Crippen LogP contribution is 2.17. The largest absolute Gasteiger partial charge is 0.384 e. The molecule has 1 aromatic heterocycles. The summed E-state index contributed by atoms with van der Waals surface area (Å²) in [5, 5.41) is 6.30. The van der Waals surface area contributed by atoms with E-state index in [2.05, 4.69) is 10.2 Å². The average Bonchev–Trinajstić information content (AvgIpc) is 2.58. The van der Waals surface area contributed by atoms with Gasteiger partial charge in [-0.1, -0.05) is 0 Å². The molecule has 15 heavy (non-hydrogen) atoms. The number of rotatable bonds is 2. The highest BCUT2D eigenvalue weighted by Gasteiger charge is 2.26. The first-order chi connectivity index (χ1) is 7.18. The molecule has 1 aliphatic rings. The summed E-state index contributed by atoms with van der Waals surface area (Å²) < 4.78 is 0. The molecule has 2 amide bonds. The summed E-state index contributed by atoms with van der Waals surface area (Å²) in [7, 11) is 0. The van der Waals surface area contributed by atoms with Crippen LogP contribution in [0.2, 0.25) is 0 Å². The van der Waals surface area contributed by atoms with Crippen LogP contribution in [-0.4, -0.2) is 26.9 Å². The first-order valence-corrected chi connectivity index (χ1v) is 4.79. The molecular formula is C9H12N4O2. The van der Waals surface area contributed by atoms with E-state index in [-0.39, 0.29) is 18.4 Å². The number of nitrogen functional groups attached to an aromatic ring is 1. The number of nitrogens with one attached hydrogen (secondary N) is 1. The monoisotopic (exact) mass is 208 g/mol. The number of likely N-dealkylation sites (tertiary alicyclic amines) is 1. The third-order valence-electron chi connectivity index (χ3n) is 2.46. The molecule has 1 saturated heterocycles. The molecule has 80 valence electrons. The molecule has 1 aliphatic heterocycles. The molecule has 0 radical (unpaired) electrons. The van der Waals surface area contributed by atoms with Crippen LogP contribution in [0.4, 0.5) is 5.82 Å². The molecule has 0 aliphatic carbocycles. The highest BCUT2D eigenvalue weighted by atomic mass is 16.2. The van der Waals surface area contributed by atoms with Crippen molar-refractivity contribution in [3.63, 3.8) is 0 Å². The fraction of sp³-hybridized carbons (Fsp3) is 0.444. The first-order valence-electron chi connectivity index (χ1n) is 4.79. The summed E-state index contributed by atoms with van der Waals surface area (Å²) in [5.74, 6) is 0.139. The summed E-state index contributed by atoms with van der Waals surface area (Å²) in [6, 6.07) is 0. The Bertz CT molecular complexity index is 383. The zero-order valence-electron chi connectivity index (χ0n) is 8.19. The highest BCUT2D eigenvalue weighted by molar-refractivity contribution is 5.97. The SMILES string of the molecule is Nc1[nH]ncc1CN1C(=O)CCCC1=O. The molecule has 0 atom stereocenters. The van der Waals surface area contributed by atoms with Gasteiger partial charge in [0.2, 0.25) is 11.8 Å². The van der Waals surface area contributed by atoms with Crippen molar-refractivity contribution < 1.29 is 9.59 Å². The van der Waals surface area contributed by atoms with E-state index in [0.29, 0.717) is 30.6 Å². The van der Waals surface area contributed by atoms with E-state index in [9.17, 15) is 9.59 Å². The maximum atomic E-state index is 11.5. The van der Waals surface area contributed by atoms with Gasteiger partial charge < -0.3 is 5.73 Å². The van der Waals surface area contributed by atoms with Crippen LogP contribution in [0.3, 0.4) is 0 Å². The van der Waals surface area contributed by atoms with Gasteiger partial charge in [-0.25, -0.2) is 0 Å².